The van der Waals surface area contributed by atoms with Gasteiger partial charge >= 0.3 is 0 Å². The molecule has 25 heavy (non-hydrogen) atoms. The summed E-state index contributed by atoms with van der Waals surface area (Å²) in [6.45, 7) is 18.3. The fourth-order valence-electron chi connectivity index (χ4n) is 2.51. The van der Waals surface area contributed by atoms with Crippen molar-refractivity contribution in [3.63, 3.8) is 0 Å². The number of ether oxygens (including phenoxy) is 4. The van der Waals surface area contributed by atoms with Gasteiger partial charge < -0.3 is 23.1 Å². The first kappa shape index (κ1) is 25.2. The first-order valence-electron chi connectivity index (χ1n) is 9.62. The monoisotopic (exact) mass is 394 g/mol. The fraction of sp³-hybridized carbons (Fsp3) is 1.00. The van der Waals surface area contributed by atoms with E-state index in [1.807, 2.05) is 6.92 Å². The Morgan fingerprint density at radius 1 is 0.680 bits per heavy atom. The maximum Gasteiger partial charge on any atom is 0.175 e. The van der Waals surface area contributed by atoms with Gasteiger partial charge in [-0.25, -0.2) is 0 Å². The van der Waals surface area contributed by atoms with E-state index in [2.05, 4.69) is 40.0 Å². The standard InChI is InChI=1S/C18H42O5Si2/c1-17(2)20-13-15-24(5,6)23-25(7,8)16-14-22-18(3)21-12-10-9-11-19-4/h17-18H,9-16H2,1-8H3. The van der Waals surface area contributed by atoms with Crippen LogP contribution >= 0.6 is 0 Å². The zero-order valence-electron chi connectivity index (χ0n) is 17.9. The van der Waals surface area contributed by atoms with Crippen LogP contribution < -0.4 is 0 Å². The van der Waals surface area contributed by atoms with Crippen LogP contribution in [0.15, 0.2) is 0 Å². The molecule has 0 spiro atoms. The molecule has 1 atom stereocenters. The molecular weight excluding hydrogens is 352 g/mol. The number of hydrogen-bond acceptors (Lipinski definition) is 5. The molecule has 7 heteroatoms. The molecule has 152 valence electrons. The van der Waals surface area contributed by atoms with E-state index in [4.69, 9.17) is 23.1 Å². The Morgan fingerprint density at radius 3 is 1.68 bits per heavy atom. The summed E-state index contributed by atoms with van der Waals surface area (Å²) in [5, 5.41) is 0. The fourth-order valence-corrected chi connectivity index (χ4v) is 10.5. The summed E-state index contributed by atoms with van der Waals surface area (Å²) in [5.41, 5.74) is 0. The molecule has 0 aromatic carbocycles. The van der Waals surface area contributed by atoms with E-state index < -0.39 is 16.6 Å². The Labute approximate surface area is 158 Å². The first-order valence-corrected chi connectivity index (χ1v) is 15.8. The van der Waals surface area contributed by atoms with Gasteiger partial charge in [0.05, 0.1) is 6.10 Å². The van der Waals surface area contributed by atoms with Gasteiger partial charge in [0.25, 0.3) is 0 Å². The number of methoxy groups -OCH3 is 1. The van der Waals surface area contributed by atoms with Crippen LogP contribution in [-0.2, 0) is 23.1 Å². The van der Waals surface area contributed by atoms with Crippen LogP contribution in [0.25, 0.3) is 0 Å². The highest BCUT2D eigenvalue weighted by Gasteiger charge is 2.32. The molecule has 0 aliphatic heterocycles. The summed E-state index contributed by atoms with van der Waals surface area (Å²) in [6.07, 6.45) is 2.16. The molecule has 0 aliphatic rings. The minimum absolute atomic E-state index is 0.156. The molecule has 0 aliphatic carbocycles. The van der Waals surface area contributed by atoms with Gasteiger partial charge in [0.1, 0.15) is 0 Å². The van der Waals surface area contributed by atoms with Crippen LogP contribution in [0.2, 0.25) is 38.3 Å². The molecule has 0 rings (SSSR count). The predicted molar refractivity (Wildman–Crippen MR) is 109 cm³/mol. The van der Waals surface area contributed by atoms with Crippen LogP contribution in [0.1, 0.15) is 33.6 Å². The van der Waals surface area contributed by atoms with Crippen LogP contribution in [-0.4, -0.2) is 62.6 Å². The largest absolute Gasteiger partial charge is 0.455 e. The third-order valence-corrected chi connectivity index (χ3v) is 11.1. The summed E-state index contributed by atoms with van der Waals surface area (Å²) in [4.78, 5) is 0. The third kappa shape index (κ3) is 16.2. The minimum Gasteiger partial charge on any atom is -0.455 e. The maximum absolute atomic E-state index is 6.58. The normalized spacial score (nSPS) is 14.3. The molecule has 0 heterocycles. The van der Waals surface area contributed by atoms with Crippen molar-refractivity contribution in [3.8, 4) is 0 Å². The molecule has 0 saturated heterocycles. The summed E-state index contributed by atoms with van der Waals surface area (Å²) in [7, 11) is -1.68. The molecule has 0 aromatic heterocycles. The maximum atomic E-state index is 6.58. The van der Waals surface area contributed by atoms with Gasteiger partial charge in [0, 0.05) is 33.5 Å². The van der Waals surface area contributed by atoms with E-state index in [-0.39, 0.29) is 6.29 Å². The minimum atomic E-state index is -1.72. The first-order chi connectivity index (χ1) is 11.6. The van der Waals surface area contributed by atoms with Crippen molar-refractivity contribution in [1.82, 2.24) is 0 Å². The Kier molecular flexibility index (Phi) is 13.5. The van der Waals surface area contributed by atoms with Gasteiger partial charge in [-0.15, -0.1) is 0 Å². The van der Waals surface area contributed by atoms with Crippen molar-refractivity contribution in [1.29, 1.82) is 0 Å². The Morgan fingerprint density at radius 2 is 1.16 bits per heavy atom. The lowest BCUT2D eigenvalue weighted by molar-refractivity contribution is -0.128. The van der Waals surface area contributed by atoms with E-state index >= 15 is 0 Å². The van der Waals surface area contributed by atoms with E-state index in [1.165, 1.54) is 0 Å². The van der Waals surface area contributed by atoms with E-state index in [0.717, 1.165) is 44.8 Å². The second kappa shape index (κ2) is 13.4. The smallest absolute Gasteiger partial charge is 0.175 e. The summed E-state index contributed by atoms with van der Waals surface area (Å²) in [5.74, 6) is 0. The van der Waals surface area contributed by atoms with Gasteiger partial charge in [-0.05, 0) is 71.9 Å². The molecule has 1 unspecified atom stereocenters. The Hall–Kier alpha value is 0.234. The second-order valence-electron chi connectivity index (χ2n) is 8.05. The highest BCUT2D eigenvalue weighted by molar-refractivity contribution is 6.84. The molecule has 5 nitrogen and oxygen atoms in total. The Bertz CT molecular complexity index is 325. The molecule has 0 amide bonds. The van der Waals surface area contributed by atoms with E-state index in [1.54, 1.807) is 7.11 Å². The number of rotatable bonds is 16. The highest BCUT2D eigenvalue weighted by atomic mass is 28.4. The highest BCUT2D eigenvalue weighted by Crippen LogP contribution is 2.22. The summed E-state index contributed by atoms with van der Waals surface area (Å²) in [6, 6.07) is 2.04. The summed E-state index contributed by atoms with van der Waals surface area (Å²) < 4.78 is 28.8. The third-order valence-electron chi connectivity index (χ3n) is 3.86. The van der Waals surface area contributed by atoms with Crippen molar-refractivity contribution >= 4 is 16.6 Å². The molecule has 0 aromatic rings. The lowest BCUT2D eigenvalue weighted by Gasteiger charge is -2.34. The van der Waals surface area contributed by atoms with E-state index in [9.17, 15) is 0 Å². The van der Waals surface area contributed by atoms with Crippen LogP contribution in [0.4, 0.5) is 0 Å². The van der Waals surface area contributed by atoms with Crippen LogP contribution in [0, 0.1) is 0 Å². The van der Waals surface area contributed by atoms with Crippen LogP contribution in [0.5, 0.6) is 0 Å². The average molecular weight is 395 g/mol. The molecule has 0 radical (unpaired) electrons. The lowest BCUT2D eigenvalue weighted by Crippen LogP contribution is -2.45. The zero-order chi connectivity index (χ0) is 19.3. The van der Waals surface area contributed by atoms with Gasteiger partial charge in [-0.2, -0.15) is 0 Å². The van der Waals surface area contributed by atoms with Crippen molar-refractivity contribution in [2.75, 3.05) is 33.5 Å². The lowest BCUT2D eigenvalue weighted by atomic mass is 10.3. The van der Waals surface area contributed by atoms with Gasteiger partial charge in [0.15, 0.2) is 22.9 Å². The number of unbranched alkanes of at least 4 members (excludes halogenated alkanes) is 1. The second-order valence-corrected chi connectivity index (χ2v) is 16.9. The zero-order valence-corrected chi connectivity index (χ0v) is 19.9. The van der Waals surface area contributed by atoms with Crippen molar-refractivity contribution in [3.05, 3.63) is 0 Å². The average Bonchev–Trinajstić information content (AvgIpc) is 2.44. The van der Waals surface area contributed by atoms with Gasteiger partial charge in [-0.3, -0.25) is 0 Å². The van der Waals surface area contributed by atoms with E-state index in [0.29, 0.717) is 12.7 Å². The molecule has 0 N–H and O–H groups in total. The van der Waals surface area contributed by atoms with Crippen molar-refractivity contribution < 1.29 is 23.1 Å². The van der Waals surface area contributed by atoms with Gasteiger partial charge in [0.2, 0.25) is 0 Å². The van der Waals surface area contributed by atoms with Crippen LogP contribution in [0.3, 0.4) is 0 Å². The van der Waals surface area contributed by atoms with Crippen molar-refractivity contribution in [2.24, 2.45) is 0 Å². The Balaban J connectivity index is 3.94. The van der Waals surface area contributed by atoms with Gasteiger partial charge in [-0.1, -0.05) is 0 Å². The quantitative estimate of drug-likeness (QED) is 0.217. The predicted octanol–water partition coefficient (Wildman–Crippen LogP) is 4.64. The topological polar surface area (TPSA) is 46.2 Å². The van der Waals surface area contributed by atoms with Crippen molar-refractivity contribution in [2.45, 2.75) is 84.3 Å². The molecule has 0 bridgehead atoms. The number of hydrogen-bond donors (Lipinski definition) is 0. The molecular formula is C18H42O5Si2. The SMILES string of the molecule is COCCCCOC(C)OCC[Si](C)(C)O[Si](C)(C)CCOC(C)C. The molecule has 0 fully saturated rings. The summed E-state index contributed by atoms with van der Waals surface area (Å²) >= 11 is 0. The molecule has 0 saturated carbocycles.